The van der Waals surface area contributed by atoms with Crippen molar-refractivity contribution in [2.75, 3.05) is 0 Å². The molecule has 2 saturated carbocycles. The smallest absolute Gasteiger partial charge is 0.124 e. The Hall–Kier alpha value is -4.18. The quantitative estimate of drug-likeness (QED) is 0.174. The number of aromatic nitrogens is 4. The fraction of sp³-hybridized carbons (Fsp3) is 0.314. The molecule has 1 saturated heterocycles. The molecule has 4 aromatic carbocycles. The molecule has 6 aromatic rings. The van der Waals surface area contributed by atoms with Crippen LogP contribution < -0.4 is 10.6 Å². The van der Waals surface area contributed by atoms with E-state index in [1.807, 2.05) is 0 Å². The van der Waals surface area contributed by atoms with Crippen LogP contribution in [0.2, 0.25) is 0 Å². The van der Waals surface area contributed by atoms with E-state index in [2.05, 4.69) is 101 Å². The number of rotatable bonds is 5. The molecule has 206 valence electrons. The number of imidazole rings is 2. The Morgan fingerprint density at radius 1 is 0.805 bits per heavy atom. The maximum absolute atomic E-state index is 5.05. The fourth-order valence-electron chi connectivity index (χ4n) is 6.65. The van der Waals surface area contributed by atoms with Gasteiger partial charge < -0.3 is 20.6 Å². The largest absolute Gasteiger partial charge is 0.341 e. The number of piperidine rings is 1. The molecule has 3 heterocycles. The molecule has 0 amide bonds. The summed E-state index contributed by atoms with van der Waals surface area (Å²) >= 11 is 0. The summed E-state index contributed by atoms with van der Waals surface area (Å²) in [6.07, 6.45) is 11.8. The SMILES string of the molecule is C.C#C.CC1CC1NCc1nc2c(ccc3cc(-c4ccc5c(ccc6[nH]c([C@@H]7C[C@H]8C[C@H]8N7)nc65)c4)ccc32)[nH]1. The fourth-order valence-corrected chi connectivity index (χ4v) is 6.65. The summed E-state index contributed by atoms with van der Waals surface area (Å²) in [4.78, 5) is 17.1. The molecule has 6 nitrogen and oxygen atoms in total. The molecular weight excluding hydrogens is 504 g/mol. The van der Waals surface area contributed by atoms with Gasteiger partial charge in [-0.3, -0.25) is 0 Å². The molecule has 5 atom stereocenters. The van der Waals surface area contributed by atoms with Crippen LogP contribution in [-0.4, -0.2) is 32.0 Å². The second-order valence-corrected chi connectivity index (χ2v) is 11.9. The Bertz CT molecular complexity index is 1930. The average molecular weight is 541 g/mol. The van der Waals surface area contributed by atoms with Crippen LogP contribution in [0.3, 0.4) is 0 Å². The molecule has 2 aromatic heterocycles. The summed E-state index contributed by atoms with van der Waals surface area (Å²) < 4.78 is 0. The number of hydrogen-bond acceptors (Lipinski definition) is 4. The zero-order valence-corrected chi connectivity index (χ0v) is 22.5. The number of H-pyrrole nitrogens is 2. The van der Waals surface area contributed by atoms with E-state index < -0.39 is 0 Å². The van der Waals surface area contributed by atoms with Gasteiger partial charge in [-0.25, -0.2) is 9.97 Å². The predicted octanol–water partition coefficient (Wildman–Crippen LogP) is 7.22. The Morgan fingerprint density at radius 2 is 1.44 bits per heavy atom. The highest BCUT2D eigenvalue weighted by atomic mass is 15.1. The molecule has 1 aliphatic heterocycles. The van der Waals surface area contributed by atoms with Crippen LogP contribution >= 0.6 is 0 Å². The van der Waals surface area contributed by atoms with Crippen molar-refractivity contribution in [1.82, 2.24) is 30.6 Å². The first-order valence-electron chi connectivity index (χ1n) is 14.3. The molecule has 6 heteroatoms. The number of fused-ring (bicyclic) bond motifs is 7. The van der Waals surface area contributed by atoms with Gasteiger partial charge in [0, 0.05) is 22.9 Å². The number of nitrogens with one attached hydrogen (secondary N) is 4. The van der Waals surface area contributed by atoms with Crippen LogP contribution in [0.5, 0.6) is 0 Å². The third kappa shape index (κ3) is 4.37. The minimum absolute atomic E-state index is 0. The van der Waals surface area contributed by atoms with Gasteiger partial charge in [-0.2, -0.15) is 0 Å². The molecule has 0 spiro atoms. The van der Waals surface area contributed by atoms with Crippen molar-refractivity contribution in [3.05, 3.63) is 72.3 Å². The molecule has 41 heavy (non-hydrogen) atoms. The van der Waals surface area contributed by atoms with Crippen molar-refractivity contribution in [3.63, 3.8) is 0 Å². The Labute approximate surface area is 240 Å². The van der Waals surface area contributed by atoms with Crippen LogP contribution in [0, 0.1) is 24.7 Å². The molecule has 3 aliphatic rings. The highest BCUT2D eigenvalue weighted by molar-refractivity contribution is 6.07. The lowest BCUT2D eigenvalue weighted by molar-refractivity contribution is 0.544. The van der Waals surface area contributed by atoms with Gasteiger partial charge >= 0.3 is 0 Å². The number of aromatic amines is 2. The lowest BCUT2D eigenvalue weighted by atomic mass is 9.98. The van der Waals surface area contributed by atoms with E-state index >= 15 is 0 Å². The monoisotopic (exact) mass is 540 g/mol. The second-order valence-electron chi connectivity index (χ2n) is 11.9. The Balaban J connectivity index is 0.000000902. The van der Waals surface area contributed by atoms with Gasteiger partial charge in [0.1, 0.15) is 11.6 Å². The maximum atomic E-state index is 5.05. The van der Waals surface area contributed by atoms with Gasteiger partial charge in [-0.05, 0) is 77.3 Å². The number of nitrogens with zero attached hydrogens (tertiary/aromatic N) is 2. The van der Waals surface area contributed by atoms with E-state index in [0.29, 0.717) is 18.1 Å². The first kappa shape index (κ1) is 25.8. The van der Waals surface area contributed by atoms with E-state index in [9.17, 15) is 0 Å². The number of hydrogen-bond donors (Lipinski definition) is 4. The molecule has 2 aliphatic carbocycles. The third-order valence-corrected chi connectivity index (χ3v) is 9.18. The van der Waals surface area contributed by atoms with Crippen LogP contribution in [0.1, 0.15) is 51.3 Å². The summed E-state index contributed by atoms with van der Waals surface area (Å²) in [5, 5.41) is 12.2. The minimum Gasteiger partial charge on any atom is -0.341 e. The third-order valence-electron chi connectivity index (χ3n) is 9.18. The van der Waals surface area contributed by atoms with E-state index in [4.69, 9.17) is 9.97 Å². The molecule has 4 N–H and O–H groups in total. The highest BCUT2D eigenvalue weighted by Crippen LogP contribution is 2.46. The van der Waals surface area contributed by atoms with E-state index in [0.717, 1.165) is 52.1 Å². The Kier molecular flexibility index (Phi) is 6.11. The predicted molar refractivity (Wildman–Crippen MR) is 170 cm³/mol. The topological polar surface area (TPSA) is 81.4 Å². The lowest BCUT2D eigenvalue weighted by Gasteiger charge is -2.08. The second kappa shape index (κ2) is 9.73. The zero-order chi connectivity index (χ0) is 27.0. The summed E-state index contributed by atoms with van der Waals surface area (Å²) in [5.41, 5.74) is 6.79. The molecular formula is C35H36N6. The van der Waals surface area contributed by atoms with Gasteiger partial charge in [0.2, 0.25) is 0 Å². The Morgan fingerprint density at radius 3 is 2.05 bits per heavy atom. The first-order chi connectivity index (χ1) is 19.7. The zero-order valence-electron chi connectivity index (χ0n) is 22.5. The highest BCUT2D eigenvalue weighted by Gasteiger charge is 2.46. The number of terminal acetylenes is 1. The van der Waals surface area contributed by atoms with Crippen molar-refractivity contribution in [2.24, 2.45) is 11.8 Å². The van der Waals surface area contributed by atoms with Crippen molar-refractivity contribution in [2.45, 2.75) is 58.3 Å². The van der Waals surface area contributed by atoms with E-state index in [-0.39, 0.29) is 7.43 Å². The van der Waals surface area contributed by atoms with Gasteiger partial charge in [-0.15, -0.1) is 12.8 Å². The molecule has 2 unspecified atom stereocenters. The summed E-state index contributed by atoms with van der Waals surface area (Å²) in [5.74, 6) is 3.74. The van der Waals surface area contributed by atoms with Crippen molar-refractivity contribution in [1.29, 1.82) is 0 Å². The van der Waals surface area contributed by atoms with Gasteiger partial charge in [-0.1, -0.05) is 50.7 Å². The molecule has 0 bridgehead atoms. The van der Waals surface area contributed by atoms with E-state index in [1.165, 1.54) is 51.9 Å². The first-order valence-corrected chi connectivity index (χ1v) is 14.3. The molecule has 3 fully saturated rings. The van der Waals surface area contributed by atoms with Crippen LogP contribution in [-0.2, 0) is 6.54 Å². The standard InChI is InChI=1S/C32H30N6.C2H2.CH4/c1-16-10-26(16)33-15-29-35-24-8-4-19-11-17(2-6-22(19)30(24)37-29)18-3-7-23-20(12-18)5-9-25-31(23)38-32(36-25)28-14-21-13-27(21)34-28;1-2;/h2-9,11-12,16,21,26-28,33-34H,10,13-15H2,1H3,(H,35,37)(H,36,38);1-2H;1H4/t16?,21-,26?,27-,28+;;/m1../s1. The normalized spacial score (nSPS) is 24.2. The average Bonchev–Trinajstić information content (AvgIpc) is 3.66. The lowest BCUT2D eigenvalue weighted by Crippen LogP contribution is -2.18. The number of benzene rings is 4. The van der Waals surface area contributed by atoms with Crippen LogP contribution in [0.4, 0.5) is 0 Å². The summed E-state index contributed by atoms with van der Waals surface area (Å²) in [6.45, 7) is 3.09. The molecule has 0 radical (unpaired) electrons. The van der Waals surface area contributed by atoms with E-state index in [1.54, 1.807) is 0 Å². The summed E-state index contributed by atoms with van der Waals surface area (Å²) in [7, 11) is 0. The van der Waals surface area contributed by atoms with Gasteiger partial charge in [0.25, 0.3) is 0 Å². The molecule has 9 rings (SSSR count). The van der Waals surface area contributed by atoms with Crippen molar-refractivity contribution < 1.29 is 0 Å². The van der Waals surface area contributed by atoms with Gasteiger partial charge in [0.15, 0.2) is 0 Å². The minimum atomic E-state index is 0. The maximum Gasteiger partial charge on any atom is 0.124 e. The van der Waals surface area contributed by atoms with Gasteiger partial charge in [0.05, 0.1) is 34.7 Å². The van der Waals surface area contributed by atoms with Crippen LogP contribution in [0.15, 0.2) is 60.7 Å². The van der Waals surface area contributed by atoms with Crippen molar-refractivity contribution in [3.8, 4) is 24.0 Å². The summed E-state index contributed by atoms with van der Waals surface area (Å²) in [6, 6.07) is 24.0. The van der Waals surface area contributed by atoms with Crippen molar-refractivity contribution >= 4 is 43.6 Å². The van der Waals surface area contributed by atoms with Crippen LogP contribution in [0.25, 0.3) is 54.7 Å².